The van der Waals surface area contributed by atoms with Crippen molar-refractivity contribution in [3.8, 4) is 0 Å². The van der Waals surface area contributed by atoms with Gasteiger partial charge in [0.05, 0.1) is 14.1 Å². The smallest absolute Gasteiger partial charge is 0.324 e. The van der Waals surface area contributed by atoms with Crippen molar-refractivity contribution >= 4 is 17.5 Å². The molecule has 14 heavy (non-hydrogen) atoms. The molecule has 0 amide bonds. The molecule has 0 spiro atoms. The van der Waals surface area contributed by atoms with E-state index < -0.39 is 0 Å². The molecule has 0 bridgehead atoms. The highest BCUT2D eigenvalue weighted by Crippen LogP contribution is 2.02. The summed E-state index contributed by atoms with van der Waals surface area (Å²) in [6.07, 6.45) is 3.27. The molecule has 0 atom stereocenters. The van der Waals surface area contributed by atoms with E-state index in [1.54, 1.807) is 29.2 Å². The average Bonchev–Trinajstić information content (AvgIpc) is 2.44. The molecule has 6 nitrogen and oxygen atoms in total. The molecular weight excluding hydrogens is 182 g/mol. The van der Waals surface area contributed by atoms with Crippen molar-refractivity contribution in [2.45, 2.75) is 0 Å². The minimum absolute atomic E-state index is 0.325. The highest BCUT2D eigenvalue weighted by molar-refractivity contribution is 5.74. The van der Waals surface area contributed by atoms with Crippen LogP contribution in [0.1, 0.15) is 0 Å². The minimum atomic E-state index is 0.325. The van der Waals surface area contributed by atoms with Crippen molar-refractivity contribution in [2.24, 2.45) is 0 Å². The zero-order chi connectivity index (χ0) is 10.1. The van der Waals surface area contributed by atoms with Crippen molar-refractivity contribution in [1.82, 2.24) is 14.9 Å². The fourth-order valence-corrected chi connectivity index (χ4v) is 1.20. The monoisotopic (exact) mass is 192 g/mol. The number of hydrogen-bond donors (Lipinski definition) is 0. The Labute approximate surface area is 80.3 Å². The van der Waals surface area contributed by atoms with Gasteiger partial charge in [-0.15, -0.1) is 9.83 Å². The fourth-order valence-electron chi connectivity index (χ4n) is 1.20. The molecular formula is C8H10N5O+. The summed E-state index contributed by atoms with van der Waals surface area (Å²) in [5.41, 5.74) is 1.02. The highest BCUT2D eigenvalue weighted by Gasteiger charge is 2.12. The number of pyridine rings is 1. The van der Waals surface area contributed by atoms with Gasteiger partial charge < -0.3 is 5.21 Å². The summed E-state index contributed by atoms with van der Waals surface area (Å²) in [4.78, 5) is 4.45. The number of rotatable bonds is 1. The molecule has 0 unspecified atom stereocenters. The van der Waals surface area contributed by atoms with Gasteiger partial charge in [-0.1, -0.05) is 4.68 Å². The minimum Gasteiger partial charge on any atom is -0.721 e. The van der Waals surface area contributed by atoms with Crippen molar-refractivity contribution < 1.29 is 9.42 Å². The van der Waals surface area contributed by atoms with Crippen molar-refractivity contribution in [2.75, 3.05) is 14.1 Å². The summed E-state index contributed by atoms with van der Waals surface area (Å²) in [7, 11) is 3.72. The van der Waals surface area contributed by atoms with E-state index >= 15 is 0 Å². The predicted molar refractivity (Wildman–Crippen MR) is 50.1 cm³/mol. The summed E-state index contributed by atoms with van der Waals surface area (Å²) in [5.74, 6) is 0. The molecule has 0 saturated carbocycles. The van der Waals surface area contributed by atoms with Gasteiger partial charge in [0.15, 0.2) is 0 Å². The van der Waals surface area contributed by atoms with Crippen LogP contribution in [0.2, 0.25) is 0 Å². The number of aromatic nitrogens is 4. The Morgan fingerprint density at radius 2 is 2.36 bits per heavy atom. The molecule has 6 heteroatoms. The van der Waals surface area contributed by atoms with Crippen LogP contribution >= 0.6 is 0 Å². The fraction of sp³-hybridized carbons (Fsp3) is 0.250. The third-order valence-electron chi connectivity index (χ3n) is 1.71. The van der Waals surface area contributed by atoms with Gasteiger partial charge in [-0.3, -0.25) is 4.58 Å². The first-order valence-electron chi connectivity index (χ1n) is 4.13. The van der Waals surface area contributed by atoms with Gasteiger partial charge in [-0.2, -0.15) is 0 Å². The van der Waals surface area contributed by atoms with E-state index in [1.807, 2.05) is 14.1 Å². The molecule has 0 aromatic carbocycles. The molecule has 0 aliphatic heterocycles. The van der Waals surface area contributed by atoms with Crippen molar-refractivity contribution in [1.29, 1.82) is 0 Å². The van der Waals surface area contributed by atoms with Crippen LogP contribution in [0, 0.1) is 5.21 Å². The molecule has 2 aromatic rings. The first kappa shape index (κ1) is 8.61. The van der Waals surface area contributed by atoms with Crippen LogP contribution in [0.3, 0.4) is 0 Å². The lowest BCUT2D eigenvalue weighted by atomic mass is 10.4. The molecule has 2 heterocycles. The van der Waals surface area contributed by atoms with Crippen LogP contribution in [0.25, 0.3) is 11.2 Å². The summed E-state index contributed by atoms with van der Waals surface area (Å²) in [6, 6.07) is 3.56. The molecule has 0 saturated heterocycles. The first-order chi connectivity index (χ1) is 6.68. The maximum atomic E-state index is 11.3. The van der Waals surface area contributed by atoms with Gasteiger partial charge in [-0.05, 0) is 12.1 Å². The van der Waals surface area contributed by atoms with Gasteiger partial charge in [0, 0.05) is 5.21 Å². The quantitative estimate of drug-likeness (QED) is 0.257. The Hall–Kier alpha value is -1.98. The molecule has 0 radical (unpaired) electrons. The van der Waals surface area contributed by atoms with Gasteiger partial charge >= 0.3 is 5.65 Å². The van der Waals surface area contributed by atoms with E-state index in [4.69, 9.17) is 0 Å². The number of hydrogen-bond acceptors (Lipinski definition) is 3. The maximum absolute atomic E-state index is 11.3. The van der Waals surface area contributed by atoms with Crippen LogP contribution in [0.15, 0.2) is 18.3 Å². The van der Waals surface area contributed by atoms with Gasteiger partial charge in [0.2, 0.25) is 11.9 Å². The van der Waals surface area contributed by atoms with Gasteiger partial charge in [-0.25, -0.2) is 0 Å². The van der Waals surface area contributed by atoms with Crippen molar-refractivity contribution in [3.05, 3.63) is 23.5 Å². The molecule has 72 valence electrons. The van der Waals surface area contributed by atoms with E-state index in [-0.39, 0.29) is 0 Å². The predicted octanol–water partition coefficient (Wildman–Crippen LogP) is -0.787. The third-order valence-corrected chi connectivity index (χ3v) is 1.71. The average molecular weight is 192 g/mol. The van der Waals surface area contributed by atoms with Crippen LogP contribution in [0.5, 0.6) is 0 Å². The lowest BCUT2D eigenvalue weighted by Gasteiger charge is -1.89. The Bertz CT molecular complexity index is 497. The molecule has 0 N–H and O–H groups in total. The van der Waals surface area contributed by atoms with E-state index in [0.29, 0.717) is 16.0 Å². The van der Waals surface area contributed by atoms with E-state index in [2.05, 4.69) is 10.2 Å². The summed E-state index contributed by atoms with van der Waals surface area (Å²) in [5, 5.41) is 15.0. The second-order valence-corrected chi connectivity index (χ2v) is 3.13. The number of nitrogens with zero attached hydrogens (tertiary/aromatic N) is 5. The number of fused-ring (bicyclic) bond motifs is 1. The largest absolute Gasteiger partial charge is 0.721 e. The summed E-state index contributed by atoms with van der Waals surface area (Å²) >= 11 is 0. The van der Waals surface area contributed by atoms with E-state index in [1.165, 1.54) is 4.68 Å². The Balaban J connectivity index is 2.73. The molecule has 0 aliphatic carbocycles. The highest BCUT2D eigenvalue weighted by atomic mass is 16.5. The molecule has 0 aliphatic rings. The first-order valence-corrected chi connectivity index (χ1v) is 4.13. The Morgan fingerprint density at radius 3 is 3.07 bits per heavy atom. The second kappa shape index (κ2) is 3.06. The van der Waals surface area contributed by atoms with Crippen LogP contribution in [-0.2, 0) is 0 Å². The molecule has 0 fully saturated rings. The van der Waals surface area contributed by atoms with Gasteiger partial charge in [0.25, 0.3) is 0 Å². The maximum Gasteiger partial charge on any atom is 0.324 e. The lowest BCUT2D eigenvalue weighted by Crippen LogP contribution is -2.30. The lowest BCUT2D eigenvalue weighted by molar-refractivity contribution is -0.647. The van der Waals surface area contributed by atoms with Crippen LogP contribution < -0.4 is 4.85 Å². The SMILES string of the molecule is C[N+](C)=Cn1n[n+]([O-])c2ncccc21. The Morgan fingerprint density at radius 1 is 1.57 bits per heavy atom. The van der Waals surface area contributed by atoms with Gasteiger partial charge in [0.1, 0.15) is 6.20 Å². The standard InChI is InChI=1S/C8H10N5O/c1-11(2)6-12-7-4-3-5-9-8(7)13(14)10-12/h3-6H,1-2H3/q+1. The summed E-state index contributed by atoms with van der Waals surface area (Å²) < 4.78 is 3.30. The summed E-state index contributed by atoms with van der Waals surface area (Å²) in [6.45, 7) is 0. The normalized spacial score (nSPS) is 10.4. The zero-order valence-electron chi connectivity index (χ0n) is 7.95. The Kier molecular flexibility index (Phi) is 1.88. The molecule has 2 rings (SSSR count). The topological polar surface area (TPSA) is 60.7 Å². The third kappa shape index (κ3) is 1.30. The van der Waals surface area contributed by atoms with E-state index in [9.17, 15) is 5.21 Å². The second-order valence-electron chi connectivity index (χ2n) is 3.13. The van der Waals surface area contributed by atoms with E-state index in [0.717, 1.165) is 0 Å². The van der Waals surface area contributed by atoms with Crippen molar-refractivity contribution in [3.63, 3.8) is 0 Å². The molecule has 2 aromatic heterocycles. The van der Waals surface area contributed by atoms with Crippen LogP contribution in [-0.4, -0.2) is 39.9 Å². The van der Waals surface area contributed by atoms with Crippen LogP contribution in [0.4, 0.5) is 0 Å². The zero-order valence-corrected chi connectivity index (χ0v) is 7.95.